The molecule has 6 aromatic rings. The summed E-state index contributed by atoms with van der Waals surface area (Å²) in [5.74, 6) is -1.83. The number of carboxylic acids is 1. The zero-order chi connectivity index (χ0) is 34.5. The average molecular weight is 694 g/mol. The van der Waals surface area contributed by atoms with Gasteiger partial charge in [-0.05, 0) is 56.3 Å². The number of nitrogens with zero attached hydrogens (tertiary/aromatic N) is 5. The largest absolute Gasteiger partial charge is 0.491 e. The molecule has 0 radical (unpaired) electrons. The van der Waals surface area contributed by atoms with E-state index in [0.29, 0.717) is 43.9 Å². The molecule has 242 valence electrons. The minimum Gasteiger partial charge on any atom is -0.491 e. The van der Waals surface area contributed by atoms with Gasteiger partial charge < -0.3 is 9.84 Å². The van der Waals surface area contributed by atoms with E-state index in [2.05, 4.69) is 15.0 Å². The van der Waals surface area contributed by atoms with E-state index >= 15 is 0 Å². The lowest BCUT2D eigenvalue weighted by atomic mass is 9.94. The van der Waals surface area contributed by atoms with Crippen LogP contribution in [0, 0.1) is 31.0 Å². The number of fused-ring (bicyclic) bond motifs is 2. The molecule has 4 aromatic heterocycles. The van der Waals surface area contributed by atoms with Gasteiger partial charge >= 0.3 is 12.1 Å². The van der Waals surface area contributed by atoms with Crippen LogP contribution in [0.5, 0.6) is 5.75 Å². The number of ether oxygens (including phenoxy) is 1. The van der Waals surface area contributed by atoms with E-state index in [1.54, 1.807) is 37.3 Å². The van der Waals surface area contributed by atoms with E-state index in [4.69, 9.17) is 16.3 Å². The van der Waals surface area contributed by atoms with E-state index in [1.807, 2.05) is 0 Å². The number of aryl methyl sites for hydroxylation is 2. The number of aromatic carboxylic acids is 1. The van der Waals surface area contributed by atoms with Crippen LogP contribution >= 0.6 is 22.9 Å². The standard InChI is InChI=1S/C33H20ClF4N5O4S/c1-15-10-19(30-28(41-15)21(14-48-30)32(45)46)18-11-17(34)5-6-25(18)47-9-8-43-16(2)42-24-12-22(33(36,37)38)26(20(13-39)27(24)31(43)44)29-23(35)4-3-7-40-29/h3-7,10-12,14H,8-9H2,1-2H3,(H,45,46). The van der Waals surface area contributed by atoms with Crippen LogP contribution in [0.3, 0.4) is 0 Å². The molecule has 0 atom stereocenters. The first kappa shape index (κ1) is 32.5. The lowest BCUT2D eigenvalue weighted by molar-refractivity contribution is -0.137. The predicted molar refractivity (Wildman–Crippen MR) is 171 cm³/mol. The molecule has 0 fully saturated rings. The van der Waals surface area contributed by atoms with Crippen LogP contribution in [0.2, 0.25) is 5.02 Å². The van der Waals surface area contributed by atoms with Crippen molar-refractivity contribution in [3.05, 3.63) is 103 Å². The molecule has 0 amide bonds. The fourth-order valence-electron chi connectivity index (χ4n) is 5.48. The number of hydrogen-bond donors (Lipinski definition) is 1. The summed E-state index contributed by atoms with van der Waals surface area (Å²) in [7, 11) is 0. The zero-order valence-electron chi connectivity index (χ0n) is 24.8. The molecule has 9 nitrogen and oxygen atoms in total. The van der Waals surface area contributed by atoms with Gasteiger partial charge in [-0.15, -0.1) is 11.3 Å². The first-order valence-corrected chi connectivity index (χ1v) is 15.3. The summed E-state index contributed by atoms with van der Waals surface area (Å²) < 4.78 is 65.3. The number of carbonyl (C=O) groups is 1. The second kappa shape index (κ2) is 12.3. The second-order valence-electron chi connectivity index (χ2n) is 10.6. The fourth-order valence-corrected chi connectivity index (χ4v) is 6.66. The van der Waals surface area contributed by atoms with E-state index in [1.165, 1.54) is 29.7 Å². The van der Waals surface area contributed by atoms with Gasteiger partial charge in [0.25, 0.3) is 5.56 Å². The number of thiophene rings is 1. The third-order valence-corrected chi connectivity index (χ3v) is 8.77. The van der Waals surface area contributed by atoms with Crippen molar-refractivity contribution in [3.63, 3.8) is 0 Å². The molecule has 1 N–H and O–H groups in total. The van der Waals surface area contributed by atoms with Gasteiger partial charge in [0.15, 0.2) is 0 Å². The Balaban J connectivity index is 1.42. The molecule has 0 saturated carbocycles. The van der Waals surface area contributed by atoms with Gasteiger partial charge in [-0.2, -0.15) is 18.4 Å². The maximum absolute atomic E-state index is 14.8. The Morgan fingerprint density at radius 2 is 1.92 bits per heavy atom. The van der Waals surface area contributed by atoms with Gasteiger partial charge in [0.2, 0.25) is 0 Å². The van der Waals surface area contributed by atoms with Crippen molar-refractivity contribution < 1.29 is 32.2 Å². The van der Waals surface area contributed by atoms with Crippen LogP contribution in [-0.2, 0) is 12.7 Å². The predicted octanol–water partition coefficient (Wildman–Crippen LogP) is 7.81. The molecule has 2 aromatic carbocycles. The Labute approximate surface area is 277 Å². The number of carboxylic acid groups (broad SMARTS) is 1. The smallest absolute Gasteiger partial charge is 0.417 e. The molecule has 0 aliphatic carbocycles. The van der Waals surface area contributed by atoms with Gasteiger partial charge in [0.1, 0.15) is 35.8 Å². The summed E-state index contributed by atoms with van der Waals surface area (Å²) in [4.78, 5) is 38.0. The quantitative estimate of drug-likeness (QED) is 0.168. The van der Waals surface area contributed by atoms with Crippen molar-refractivity contribution in [2.75, 3.05) is 6.61 Å². The summed E-state index contributed by atoms with van der Waals surface area (Å²) in [6.45, 7) is 2.88. The average Bonchev–Trinajstić information content (AvgIpc) is 3.46. The highest BCUT2D eigenvalue weighted by Crippen LogP contribution is 2.42. The number of halogens is 5. The summed E-state index contributed by atoms with van der Waals surface area (Å²) in [5, 5.41) is 21.1. The molecule has 0 aliphatic heterocycles. The van der Waals surface area contributed by atoms with Gasteiger partial charge in [-0.1, -0.05) is 11.6 Å². The van der Waals surface area contributed by atoms with Crippen molar-refractivity contribution in [2.24, 2.45) is 0 Å². The molecular weight excluding hydrogens is 674 g/mol. The number of hydrogen-bond acceptors (Lipinski definition) is 8. The number of benzene rings is 2. The van der Waals surface area contributed by atoms with Crippen molar-refractivity contribution in [1.29, 1.82) is 5.26 Å². The monoisotopic (exact) mass is 693 g/mol. The molecule has 0 bridgehead atoms. The third-order valence-electron chi connectivity index (χ3n) is 7.54. The highest BCUT2D eigenvalue weighted by atomic mass is 35.5. The van der Waals surface area contributed by atoms with Crippen LogP contribution in [0.15, 0.2) is 58.8 Å². The lowest BCUT2D eigenvalue weighted by Crippen LogP contribution is -2.28. The van der Waals surface area contributed by atoms with Crippen LogP contribution in [0.1, 0.15) is 33.0 Å². The van der Waals surface area contributed by atoms with Crippen LogP contribution in [0.4, 0.5) is 17.6 Å². The molecule has 0 saturated heterocycles. The molecule has 15 heteroatoms. The van der Waals surface area contributed by atoms with Gasteiger partial charge in [-0.3, -0.25) is 19.3 Å². The van der Waals surface area contributed by atoms with Gasteiger partial charge in [0.05, 0.1) is 44.4 Å². The van der Waals surface area contributed by atoms with Gasteiger partial charge in [-0.25, -0.2) is 14.2 Å². The Bertz CT molecular complexity index is 2400. The van der Waals surface area contributed by atoms with Crippen LogP contribution in [0.25, 0.3) is 43.5 Å². The van der Waals surface area contributed by atoms with E-state index < -0.39 is 51.3 Å². The fraction of sp³-hybridized carbons (Fsp3) is 0.152. The normalized spacial score (nSPS) is 11.6. The maximum Gasteiger partial charge on any atom is 0.417 e. The molecule has 6 rings (SSSR count). The summed E-state index contributed by atoms with van der Waals surface area (Å²) in [5.41, 5.74) is -2.78. The van der Waals surface area contributed by atoms with Crippen molar-refractivity contribution in [3.8, 4) is 34.2 Å². The summed E-state index contributed by atoms with van der Waals surface area (Å²) in [6, 6.07) is 11.0. The number of aromatic nitrogens is 4. The first-order chi connectivity index (χ1) is 22.8. The topological polar surface area (TPSA) is 131 Å². The van der Waals surface area contributed by atoms with Crippen molar-refractivity contribution in [1.82, 2.24) is 19.5 Å². The first-order valence-electron chi connectivity index (χ1n) is 14.0. The molecule has 0 unspecified atom stereocenters. The maximum atomic E-state index is 14.8. The number of nitriles is 1. The number of pyridine rings is 2. The molecular formula is C33H20ClF4N5O4S. The van der Waals surface area contributed by atoms with E-state index in [0.717, 1.165) is 16.8 Å². The second-order valence-corrected chi connectivity index (χ2v) is 11.9. The van der Waals surface area contributed by atoms with Crippen molar-refractivity contribution in [2.45, 2.75) is 26.6 Å². The molecule has 48 heavy (non-hydrogen) atoms. The number of alkyl halides is 3. The third kappa shape index (κ3) is 5.71. The Morgan fingerprint density at radius 1 is 1.15 bits per heavy atom. The lowest BCUT2D eigenvalue weighted by Gasteiger charge is -2.18. The van der Waals surface area contributed by atoms with E-state index in [9.17, 15) is 37.5 Å². The molecule has 0 aliphatic rings. The van der Waals surface area contributed by atoms with E-state index in [-0.39, 0.29) is 30.1 Å². The minimum atomic E-state index is -5.02. The Morgan fingerprint density at radius 3 is 2.60 bits per heavy atom. The van der Waals surface area contributed by atoms with Gasteiger partial charge in [0, 0.05) is 39.0 Å². The Hall–Kier alpha value is -5.39. The highest BCUT2D eigenvalue weighted by molar-refractivity contribution is 7.18. The zero-order valence-corrected chi connectivity index (χ0v) is 26.4. The Kier molecular flexibility index (Phi) is 8.36. The SMILES string of the molecule is Cc1cc(-c2cc(Cl)ccc2OCCn2c(C)nc3cc(C(F)(F)F)c(-c4ncccc4F)c(C#N)c3c2=O)c2scc(C(=O)O)c2n1. The minimum absolute atomic E-state index is 0.0486. The number of rotatable bonds is 7. The summed E-state index contributed by atoms with van der Waals surface area (Å²) in [6.07, 6.45) is -3.94. The highest BCUT2D eigenvalue weighted by Gasteiger charge is 2.38. The van der Waals surface area contributed by atoms with Crippen LogP contribution in [-0.4, -0.2) is 37.2 Å². The van der Waals surface area contributed by atoms with Crippen molar-refractivity contribution >= 4 is 50.0 Å². The summed E-state index contributed by atoms with van der Waals surface area (Å²) >= 11 is 7.53. The van der Waals surface area contributed by atoms with Crippen LogP contribution < -0.4 is 10.3 Å². The molecule has 0 spiro atoms. The molecule has 4 heterocycles.